The first-order valence-electron chi connectivity index (χ1n) is 7.95. The van der Waals surface area contributed by atoms with Gasteiger partial charge in [0.25, 0.3) is 5.91 Å². The lowest BCUT2D eigenvalue weighted by Gasteiger charge is -2.04. The molecule has 1 aromatic carbocycles. The zero-order valence-electron chi connectivity index (χ0n) is 13.7. The second-order valence-corrected chi connectivity index (χ2v) is 8.48. The van der Waals surface area contributed by atoms with Crippen molar-refractivity contribution in [1.29, 1.82) is 0 Å². The number of hydrogen-bond donors (Lipinski definition) is 2. The lowest BCUT2D eigenvalue weighted by molar-refractivity contribution is -0.116. The second kappa shape index (κ2) is 9.24. The fourth-order valence-electron chi connectivity index (χ4n) is 2.21. The Hall–Kier alpha value is -1.78. The van der Waals surface area contributed by atoms with Gasteiger partial charge < -0.3 is 10.6 Å². The highest BCUT2D eigenvalue weighted by atomic mass is 127. The highest BCUT2D eigenvalue weighted by Gasteiger charge is 2.09. The molecule has 2 aromatic heterocycles. The number of amides is 2. The van der Waals surface area contributed by atoms with E-state index in [4.69, 9.17) is 0 Å². The van der Waals surface area contributed by atoms with Gasteiger partial charge in [-0.15, -0.1) is 22.7 Å². The van der Waals surface area contributed by atoms with E-state index in [9.17, 15) is 9.59 Å². The Bertz CT molecular complexity index is 876. The molecule has 0 saturated heterocycles. The van der Waals surface area contributed by atoms with Gasteiger partial charge in [0.2, 0.25) is 5.91 Å². The zero-order valence-corrected chi connectivity index (χ0v) is 17.5. The minimum Gasteiger partial charge on any atom is -0.351 e. The van der Waals surface area contributed by atoms with Crippen molar-refractivity contribution < 1.29 is 9.59 Å². The monoisotopic (exact) mass is 497 g/mol. The molecule has 0 atom stereocenters. The van der Waals surface area contributed by atoms with E-state index in [2.05, 4.69) is 38.2 Å². The van der Waals surface area contributed by atoms with E-state index < -0.39 is 0 Å². The van der Waals surface area contributed by atoms with Crippen LogP contribution in [-0.4, -0.2) is 23.3 Å². The van der Waals surface area contributed by atoms with Crippen LogP contribution in [0, 0.1) is 3.57 Å². The van der Waals surface area contributed by atoms with Crippen LogP contribution >= 0.6 is 45.3 Å². The van der Waals surface area contributed by atoms with Crippen molar-refractivity contribution in [3.05, 3.63) is 55.6 Å². The Kier molecular flexibility index (Phi) is 6.75. The fraction of sp³-hybridized carbons (Fsp3) is 0.167. The average Bonchev–Trinajstić information content (AvgIpc) is 3.31. The van der Waals surface area contributed by atoms with E-state index in [1.165, 1.54) is 26.2 Å². The number of aromatic nitrogens is 1. The van der Waals surface area contributed by atoms with Crippen LogP contribution < -0.4 is 10.6 Å². The molecule has 0 radical (unpaired) electrons. The lowest BCUT2D eigenvalue weighted by Crippen LogP contribution is -2.24. The topological polar surface area (TPSA) is 71.1 Å². The summed E-state index contributed by atoms with van der Waals surface area (Å²) >= 11 is 5.07. The summed E-state index contributed by atoms with van der Waals surface area (Å²) in [6.07, 6.45) is 0.918. The van der Waals surface area contributed by atoms with Crippen molar-refractivity contribution in [1.82, 2.24) is 10.3 Å². The number of carbonyl (C=O) groups excluding carboxylic acids is 2. The summed E-state index contributed by atoms with van der Waals surface area (Å²) in [7, 11) is 0. The van der Waals surface area contributed by atoms with Gasteiger partial charge in [0.1, 0.15) is 0 Å². The van der Waals surface area contributed by atoms with E-state index in [-0.39, 0.29) is 11.8 Å². The molecule has 5 nitrogen and oxygen atoms in total. The van der Waals surface area contributed by atoms with E-state index in [1.54, 1.807) is 6.07 Å². The van der Waals surface area contributed by atoms with Gasteiger partial charge in [-0.25, -0.2) is 4.98 Å². The molecule has 0 aliphatic carbocycles. The maximum absolute atomic E-state index is 12.0. The summed E-state index contributed by atoms with van der Waals surface area (Å²) in [5.74, 6) is -0.193. The Morgan fingerprint density at radius 2 is 1.92 bits per heavy atom. The molecule has 0 saturated carbocycles. The third kappa shape index (κ3) is 5.36. The number of thiophene rings is 1. The van der Waals surface area contributed by atoms with Crippen molar-refractivity contribution in [3.8, 4) is 11.3 Å². The Balaban J connectivity index is 1.42. The van der Waals surface area contributed by atoms with Crippen LogP contribution in [0.2, 0.25) is 0 Å². The maximum Gasteiger partial charge on any atom is 0.261 e. The molecule has 134 valence electrons. The summed E-state index contributed by atoms with van der Waals surface area (Å²) in [6, 6.07) is 11.7. The number of nitrogens with zero attached hydrogens (tertiary/aromatic N) is 1. The SMILES string of the molecule is O=C(CCCNC(=O)c1cccs1)Nc1nc(-c2ccc(I)cc2)cs1. The molecule has 0 unspecified atom stereocenters. The second-order valence-electron chi connectivity index (χ2n) is 5.43. The summed E-state index contributed by atoms with van der Waals surface area (Å²) in [5, 5.41) is 10.0. The number of nitrogens with one attached hydrogen (secondary N) is 2. The molecule has 0 aliphatic rings. The third-order valence-corrected chi connectivity index (χ3v) is 5.85. The quantitative estimate of drug-likeness (QED) is 0.370. The molecule has 8 heteroatoms. The number of carbonyl (C=O) groups is 2. The molecule has 0 bridgehead atoms. The van der Waals surface area contributed by atoms with Gasteiger partial charge in [-0.05, 0) is 52.6 Å². The number of halogens is 1. The van der Waals surface area contributed by atoms with Gasteiger partial charge in [0, 0.05) is 27.5 Å². The standard InChI is InChI=1S/C18H16IN3O2S2/c19-13-7-5-12(6-8-13)14-11-26-18(21-14)22-16(23)4-1-9-20-17(24)15-3-2-10-25-15/h2-3,5-8,10-11H,1,4,9H2,(H,20,24)(H,21,22,23). The highest BCUT2D eigenvalue weighted by molar-refractivity contribution is 14.1. The molecule has 2 amide bonds. The van der Waals surface area contributed by atoms with Crippen LogP contribution in [0.25, 0.3) is 11.3 Å². The van der Waals surface area contributed by atoms with Crippen molar-refractivity contribution in [3.63, 3.8) is 0 Å². The van der Waals surface area contributed by atoms with Crippen LogP contribution in [0.4, 0.5) is 5.13 Å². The zero-order chi connectivity index (χ0) is 18.4. The molecule has 3 aromatic rings. The van der Waals surface area contributed by atoms with Crippen LogP contribution in [0.15, 0.2) is 47.2 Å². The number of thiazole rings is 1. The Labute approximate surface area is 173 Å². The van der Waals surface area contributed by atoms with Gasteiger partial charge >= 0.3 is 0 Å². The van der Waals surface area contributed by atoms with Crippen molar-refractivity contribution in [2.24, 2.45) is 0 Å². The van der Waals surface area contributed by atoms with Crippen LogP contribution in [-0.2, 0) is 4.79 Å². The molecule has 3 rings (SSSR count). The number of benzene rings is 1. The summed E-state index contributed by atoms with van der Waals surface area (Å²) in [4.78, 5) is 28.9. The first-order valence-corrected chi connectivity index (χ1v) is 10.8. The van der Waals surface area contributed by atoms with Crippen LogP contribution in [0.3, 0.4) is 0 Å². The van der Waals surface area contributed by atoms with Crippen molar-refractivity contribution in [2.45, 2.75) is 12.8 Å². The summed E-state index contributed by atoms with van der Waals surface area (Å²) in [5.41, 5.74) is 1.88. The van der Waals surface area contributed by atoms with Gasteiger partial charge in [-0.1, -0.05) is 18.2 Å². The van der Waals surface area contributed by atoms with Gasteiger partial charge in [-0.2, -0.15) is 0 Å². The maximum atomic E-state index is 12.0. The molecule has 26 heavy (non-hydrogen) atoms. The van der Waals surface area contributed by atoms with Crippen LogP contribution in [0.1, 0.15) is 22.5 Å². The highest BCUT2D eigenvalue weighted by Crippen LogP contribution is 2.25. The van der Waals surface area contributed by atoms with Gasteiger partial charge in [0.15, 0.2) is 5.13 Å². The number of anilines is 1. The predicted octanol–water partition coefficient (Wildman–Crippen LogP) is 4.62. The van der Waals surface area contributed by atoms with Crippen LogP contribution in [0.5, 0.6) is 0 Å². The molecular weight excluding hydrogens is 481 g/mol. The number of hydrogen-bond acceptors (Lipinski definition) is 5. The van der Waals surface area contributed by atoms with Gasteiger partial charge in [0.05, 0.1) is 10.6 Å². The lowest BCUT2D eigenvalue weighted by atomic mass is 10.2. The molecule has 0 aliphatic heterocycles. The molecule has 0 spiro atoms. The fourth-order valence-corrected chi connectivity index (χ4v) is 3.95. The van der Waals surface area contributed by atoms with E-state index in [0.717, 1.165) is 11.3 Å². The summed E-state index contributed by atoms with van der Waals surface area (Å²) < 4.78 is 1.17. The summed E-state index contributed by atoms with van der Waals surface area (Å²) in [6.45, 7) is 0.468. The van der Waals surface area contributed by atoms with Crippen molar-refractivity contribution >= 4 is 62.2 Å². The van der Waals surface area contributed by atoms with Crippen molar-refractivity contribution in [2.75, 3.05) is 11.9 Å². The number of rotatable bonds is 7. The smallest absolute Gasteiger partial charge is 0.261 e. The largest absolute Gasteiger partial charge is 0.351 e. The molecule has 2 N–H and O–H groups in total. The Morgan fingerprint density at radius 1 is 1.12 bits per heavy atom. The Morgan fingerprint density at radius 3 is 2.65 bits per heavy atom. The molecular formula is C18H16IN3O2S2. The van der Waals surface area contributed by atoms with Gasteiger partial charge in [-0.3, -0.25) is 9.59 Å². The first-order chi connectivity index (χ1) is 12.6. The normalized spacial score (nSPS) is 10.5. The first kappa shape index (κ1) is 19.0. The average molecular weight is 497 g/mol. The van der Waals surface area contributed by atoms with E-state index in [0.29, 0.717) is 29.4 Å². The minimum absolute atomic E-state index is 0.0949. The molecule has 0 fully saturated rings. The third-order valence-electron chi connectivity index (χ3n) is 3.50. The van der Waals surface area contributed by atoms with E-state index >= 15 is 0 Å². The predicted molar refractivity (Wildman–Crippen MR) is 115 cm³/mol. The molecule has 2 heterocycles. The van der Waals surface area contributed by atoms with E-state index in [1.807, 2.05) is 41.1 Å². The minimum atomic E-state index is -0.0983.